The SMILES string of the molecule is COCC(=O)Nc1cccc(CNC(=O)C2CCCN2Cc2ccccc2)c1. The molecule has 0 bridgehead atoms. The first kappa shape index (κ1) is 20.0. The Morgan fingerprint density at radius 1 is 1.11 bits per heavy atom. The zero-order valence-corrected chi connectivity index (χ0v) is 16.2. The van der Waals surface area contributed by atoms with E-state index in [9.17, 15) is 9.59 Å². The summed E-state index contributed by atoms with van der Waals surface area (Å²) in [6.45, 7) is 2.18. The predicted molar refractivity (Wildman–Crippen MR) is 109 cm³/mol. The smallest absolute Gasteiger partial charge is 0.250 e. The lowest BCUT2D eigenvalue weighted by Gasteiger charge is -2.23. The lowest BCUT2D eigenvalue weighted by atomic mass is 10.1. The Kier molecular flexibility index (Phi) is 7.17. The minimum atomic E-state index is -0.203. The van der Waals surface area contributed by atoms with Crippen LogP contribution in [0, 0.1) is 0 Å². The van der Waals surface area contributed by atoms with Gasteiger partial charge in [0.25, 0.3) is 0 Å². The van der Waals surface area contributed by atoms with Crippen molar-refractivity contribution in [1.82, 2.24) is 10.2 Å². The number of carbonyl (C=O) groups is 2. The minimum Gasteiger partial charge on any atom is -0.375 e. The number of anilines is 1. The summed E-state index contributed by atoms with van der Waals surface area (Å²) >= 11 is 0. The molecule has 2 aromatic rings. The van der Waals surface area contributed by atoms with Gasteiger partial charge in [-0.3, -0.25) is 14.5 Å². The molecule has 6 heteroatoms. The Morgan fingerprint density at radius 3 is 2.68 bits per heavy atom. The third-order valence-corrected chi connectivity index (χ3v) is 4.85. The topological polar surface area (TPSA) is 70.7 Å². The maximum absolute atomic E-state index is 12.7. The molecule has 6 nitrogen and oxygen atoms in total. The number of amides is 2. The van der Waals surface area contributed by atoms with Crippen LogP contribution in [0.15, 0.2) is 54.6 Å². The van der Waals surface area contributed by atoms with Crippen molar-refractivity contribution in [3.63, 3.8) is 0 Å². The van der Waals surface area contributed by atoms with Crippen molar-refractivity contribution in [3.05, 3.63) is 65.7 Å². The molecule has 28 heavy (non-hydrogen) atoms. The molecule has 1 saturated heterocycles. The summed E-state index contributed by atoms with van der Waals surface area (Å²) in [6.07, 6.45) is 1.91. The van der Waals surface area contributed by atoms with Crippen molar-refractivity contribution in [3.8, 4) is 0 Å². The van der Waals surface area contributed by atoms with Crippen LogP contribution in [-0.2, 0) is 27.4 Å². The number of nitrogens with one attached hydrogen (secondary N) is 2. The molecule has 3 rings (SSSR count). The van der Waals surface area contributed by atoms with Crippen LogP contribution in [0.25, 0.3) is 0 Å². The number of ether oxygens (including phenoxy) is 1. The third-order valence-electron chi connectivity index (χ3n) is 4.85. The standard InChI is InChI=1S/C22H27N3O3/c1-28-16-21(26)24-19-10-5-9-18(13-19)14-23-22(27)20-11-6-12-25(20)15-17-7-3-2-4-8-17/h2-5,7-10,13,20H,6,11-12,14-16H2,1H3,(H,23,27)(H,24,26). The van der Waals surface area contributed by atoms with Gasteiger partial charge >= 0.3 is 0 Å². The number of likely N-dealkylation sites (tertiary alicyclic amines) is 1. The quantitative estimate of drug-likeness (QED) is 0.737. The second-order valence-corrected chi connectivity index (χ2v) is 7.01. The van der Waals surface area contributed by atoms with Crippen molar-refractivity contribution in [2.75, 3.05) is 25.6 Å². The summed E-state index contributed by atoms with van der Waals surface area (Å²) in [6, 6.07) is 17.6. The molecule has 2 N–H and O–H groups in total. The maximum atomic E-state index is 12.7. The second-order valence-electron chi connectivity index (χ2n) is 7.01. The Hall–Kier alpha value is -2.70. The Labute approximate surface area is 165 Å². The van der Waals surface area contributed by atoms with Gasteiger partial charge in [0.1, 0.15) is 6.61 Å². The highest BCUT2D eigenvalue weighted by atomic mass is 16.5. The van der Waals surface area contributed by atoms with E-state index in [0.717, 1.165) is 31.5 Å². The van der Waals surface area contributed by atoms with Gasteiger partial charge in [0.05, 0.1) is 6.04 Å². The van der Waals surface area contributed by atoms with Crippen molar-refractivity contribution >= 4 is 17.5 Å². The average Bonchev–Trinajstić information content (AvgIpc) is 3.15. The molecule has 0 spiro atoms. The lowest BCUT2D eigenvalue weighted by Crippen LogP contribution is -2.42. The Morgan fingerprint density at radius 2 is 1.89 bits per heavy atom. The Bertz CT molecular complexity index is 795. The molecular formula is C22H27N3O3. The number of hydrogen-bond donors (Lipinski definition) is 2. The third kappa shape index (κ3) is 5.65. The summed E-state index contributed by atoms with van der Waals surface area (Å²) in [5.41, 5.74) is 2.86. The predicted octanol–water partition coefficient (Wildman–Crippen LogP) is 2.55. The highest BCUT2D eigenvalue weighted by Gasteiger charge is 2.30. The van der Waals surface area contributed by atoms with Crippen molar-refractivity contribution in [2.45, 2.75) is 32.0 Å². The van der Waals surface area contributed by atoms with Gasteiger partial charge in [0, 0.05) is 25.9 Å². The van der Waals surface area contributed by atoms with E-state index < -0.39 is 0 Å². The van der Waals surface area contributed by atoms with E-state index in [1.54, 1.807) is 0 Å². The molecule has 1 atom stereocenters. The number of nitrogens with zero attached hydrogens (tertiary/aromatic N) is 1. The van der Waals surface area contributed by atoms with Gasteiger partial charge in [0.2, 0.25) is 11.8 Å². The van der Waals surface area contributed by atoms with Gasteiger partial charge in [-0.25, -0.2) is 0 Å². The van der Waals surface area contributed by atoms with Crippen LogP contribution >= 0.6 is 0 Å². The van der Waals surface area contributed by atoms with Crippen LogP contribution in [0.5, 0.6) is 0 Å². The van der Waals surface area contributed by atoms with Crippen LogP contribution in [0.2, 0.25) is 0 Å². The highest BCUT2D eigenvalue weighted by Crippen LogP contribution is 2.20. The molecule has 148 valence electrons. The molecule has 2 amide bonds. The fourth-order valence-corrected chi connectivity index (χ4v) is 3.52. The van der Waals surface area contributed by atoms with Crippen LogP contribution in [0.4, 0.5) is 5.69 Å². The highest BCUT2D eigenvalue weighted by molar-refractivity contribution is 5.91. The molecule has 1 aliphatic rings. The minimum absolute atomic E-state index is 0.0138. The van der Waals surface area contributed by atoms with Gasteiger partial charge in [0.15, 0.2) is 0 Å². The zero-order valence-electron chi connectivity index (χ0n) is 16.2. The first-order valence-corrected chi connectivity index (χ1v) is 9.59. The molecule has 1 aliphatic heterocycles. The average molecular weight is 381 g/mol. The summed E-state index contributed by atoms with van der Waals surface area (Å²) < 4.78 is 4.82. The molecule has 1 unspecified atom stereocenters. The molecule has 0 aliphatic carbocycles. The largest absolute Gasteiger partial charge is 0.375 e. The van der Waals surface area contributed by atoms with Crippen LogP contribution in [-0.4, -0.2) is 43.0 Å². The van der Waals surface area contributed by atoms with E-state index in [1.165, 1.54) is 12.7 Å². The summed E-state index contributed by atoms with van der Waals surface area (Å²) in [5, 5.41) is 5.82. The van der Waals surface area contributed by atoms with E-state index in [2.05, 4.69) is 27.7 Å². The van der Waals surface area contributed by atoms with E-state index >= 15 is 0 Å². The van der Waals surface area contributed by atoms with Crippen LogP contribution in [0.3, 0.4) is 0 Å². The van der Waals surface area contributed by atoms with Crippen LogP contribution in [0.1, 0.15) is 24.0 Å². The van der Waals surface area contributed by atoms with Gasteiger partial charge < -0.3 is 15.4 Å². The maximum Gasteiger partial charge on any atom is 0.250 e. The monoisotopic (exact) mass is 381 g/mol. The summed E-state index contributed by atoms with van der Waals surface area (Å²) in [4.78, 5) is 26.6. The number of carbonyl (C=O) groups excluding carboxylic acids is 2. The summed E-state index contributed by atoms with van der Waals surface area (Å²) in [5.74, 6) is -0.145. The Balaban J connectivity index is 1.54. The van der Waals surface area contributed by atoms with Crippen molar-refractivity contribution in [1.29, 1.82) is 0 Å². The van der Waals surface area contributed by atoms with Crippen molar-refractivity contribution in [2.24, 2.45) is 0 Å². The molecule has 1 heterocycles. The molecule has 0 aromatic heterocycles. The van der Waals surface area contributed by atoms with Crippen LogP contribution < -0.4 is 10.6 Å². The molecular weight excluding hydrogens is 354 g/mol. The number of benzene rings is 2. The fourth-order valence-electron chi connectivity index (χ4n) is 3.52. The van der Waals surface area contributed by atoms with E-state index in [0.29, 0.717) is 12.2 Å². The number of rotatable bonds is 8. The van der Waals surface area contributed by atoms with E-state index in [4.69, 9.17) is 4.74 Å². The van der Waals surface area contributed by atoms with Crippen molar-refractivity contribution < 1.29 is 14.3 Å². The fraction of sp³-hybridized carbons (Fsp3) is 0.364. The van der Waals surface area contributed by atoms with Gasteiger partial charge in [-0.1, -0.05) is 42.5 Å². The lowest BCUT2D eigenvalue weighted by molar-refractivity contribution is -0.125. The molecule has 1 fully saturated rings. The first-order chi connectivity index (χ1) is 13.7. The van der Waals surface area contributed by atoms with Gasteiger partial charge in [-0.2, -0.15) is 0 Å². The second kappa shape index (κ2) is 10.0. The summed E-state index contributed by atoms with van der Waals surface area (Å²) in [7, 11) is 1.48. The molecule has 0 saturated carbocycles. The zero-order chi connectivity index (χ0) is 19.8. The van der Waals surface area contributed by atoms with Gasteiger partial charge in [-0.05, 0) is 42.6 Å². The van der Waals surface area contributed by atoms with E-state index in [-0.39, 0.29) is 24.5 Å². The van der Waals surface area contributed by atoms with Gasteiger partial charge in [-0.15, -0.1) is 0 Å². The molecule has 2 aromatic carbocycles. The normalized spacial score (nSPS) is 16.7. The number of methoxy groups -OCH3 is 1. The van der Waals surface area contributed by atoms with E-state index in [1.807, 2.05) is 42.5 Å². The molecule has 0 radical (unpaired) electrons. The first-order valence-electron chi connectivity index (χ1n) is 9.59. The number of hydrogen-bond acceptors (Lipinski definition) is 4.